The van der Waals surface area contributed by atoms with Crippen molar-refractivity contribution in [2.75, 3.05) is 39.9 Å². The molecule has 0 radical (unpaired) electrons. The smallest absolute Gasteiger partial charge is 0.0826 e. The fourth-order valence-electron chi connectivity index (χ4n) is 2.27. The van der Waals surface area contributed by atoms with Gasteiger partial charge in [-0.25, -0.2) is 0 Å². The summed E-state index contributed by atoms with van der Waals surface area (Å²) >= 11 is 0. The zero-order chi connectivity index (χ0) is 10.7. The van der Waals surface area contributed by atoms with Crippen molar-refractivity contribution < 1.29 is 9.47 Å². The maximum Gasteiger partial charge on any atom is 0.0826 e. The van der Waals surface area contributed by atoms with Gasteiger partial charge in [0.1, 0.15) is 0 Å². The van der Waals surface area contributed by atoms with Gasteiger partial charge in [0, 0.05) is 32.3 Å². The summed E-state index contributed by atoms with van der Waals surface area (Å²) in [6.45, 7) is 6.93. The Morgan fingerprint density at radius 3 is 2.87 bits per heavy atom. The van der Waals surface area contributed by atoms with E-state index in [0.717, 1.165) is 39.3 Å². The first-order valence-electron chi connectivity index (χ1n) is 5.91. The van der Waals surface area contributed by atoms with Crippen molar-refractivity contribution in [2.24, 2.45) is 0 Å². The largest absolute Gasteiger partial charge is 0.377 e. The first-order chi connectivity index (χ1) is 7.25. The van der Waals surface area contributed by atoms with Crippen molar-refractivity contribution in [3.05, 3.63) is 0 Å². The van der Waals surface area contributed by atoms with E-state index < -0.39 is 0 Å². The molecule has 2 heterocycles. The number of morpholine rings is 1. The predicted molar refractivity (Wildman–Crippen MR) is 59.1 cm³/mol. The van der Waals surface area contributed by atoms with Crippen LogP contribution in [0, 0.1) is 0 Å². The van der Waals surface area contributed by atoms with Gasteiger partial charge in [-0.15, -0.1) is 0 Å². The molecule has 0 amide bonds. The van der Waals surface area contributed by atoms with Crippen molar-refractivity contribution in [3.63, 3.8) is 0 Å². The van der Waals surface area contributed by atoms with E-state index in [4.69, 9.17) is 9.47 Å². The average molecular weight is 214 g/mol. The highest BCUT2D eigenvalue weighted by atomic mass is 16.5. The summed E-state index contributed by atoms with van der Waals surface area (Å²) in [5.41, 5.74) is 0. The molecule has 0 unspecified atom stereocenters. The number of hydrogen-bond acceptors (Lipinski definition) is 4. The fraction of sp³-hybridized carbons (Fsp3) is 1.00. The summed E-state index contributed by atoms with van der Waals surface area (Å²) in [7, 11) is 2.15. The van der Waals surface area contributed by atoms with Gasteiger partial charge in [-0.2, -0.15) is 0 Å². The zero-order valence-corrected chi connectivity index (χ0v) is 9.74. The Labute approximate surface area is 91.9 Å². The maximum absolute atomic E-state index is 5.70. The van der Waals surface area contributed by atoms with Crippen LogP contribution >= 0.6 is 0 Å². The molecule has 3 atom stereocenters. The van der Waals surface area contributed by atoms with Crippen LogP contribution in [-0.4, -0.2) is 63.0 Å². The SMILES string of the molecule is C[C@H]1OCC[C@@H]1NC[C@@H]1CN(C)CCO1. The second-order valence-corrected chi connectivity index (χ2v) is 4.63. The van der Waals surface area contributed by atoms with Gasteiger partial charge in [-0.05, 0) is 20.4 Å². The third-order valence-electron chi connectivity index (χ3n) is 3.33. The molecule has 15 heavy (non-hydrogen) atoms. The lowest BCUT2D eigenvalue weighted by Crippen LogP contribution is -2.47. The molecule has 0 aromatic carbocycles. The Kier molecular flexibility index (Phi) is 3.97. The quantitative estimate of drug-likeness (QED) is 0.721. The minimum atomic E-state index is 0.344. The van der Waals surface area contributed by atoms with Gasteiger partial charge in [0.2, 0.25) is 0 Å². The van der Waals surface area contributed by atoms with E-state index in [1.807, 2.05) is 0 Å². The standard InChI is InChI=1S/C11H22N2O2/c1-9-11(3-5-14-9)12-7-10-8-13(2)4-6-15-10/h9-12H,3-8H2,1-2H3/t9-,10-,11+/m1/s1. The van der Waals surface area contributed by atoms with Crippen molar-refractivity contribution in [1.82, 2.24) is 10.2 Å². The molecule has 2 aliphatic rings. The second-order valence-electron chi connectivity index (χ2n) is 4.63. The maximum atomic E-state index is 5.70. The number of rotatable bonds is 3. The molecule has 4 nitrogen and oxygen atoms in total. The van der Waals surface area contributed by atoms with Gasteiger partial charge in [0.15, 0.2) is 0 Å². The Hall–Kier alpha value is -0.160. The van der Waals surface area contributed by atoms with Crippen LogP contribution in [0.3, 0.4) is 0 Å². The molecule has 2 rings (SSSR count). The van der Waals surface area contributed by atoms with Crippen LogP contribution < -0.4 is 5.32 Å². The number of likely N-dealkylation sites (N-methyl/N-ethyl adjacent to an activating group) is 1. The molecule has 0 aromatic heterocycles. The second kappa shape index (κ2) is 5.25. The van der Waals surface area contributed by atoms with Gasteiger partial charge in [0.05, 0.1) is 18.8 Å². The molecule has 0 aromatic rings. The minimum Gasteiger partial charge on any atom is -0.377 e. The molecule has 0 bridgehead atoms. The van der Waals surface area contributed by atoms with Crippen molar-refractivity contribution >= 4 is 0 Å². The number of nitrogens with zero attached hydrogens (tertiary/aromatic N) is 1. The van der Waals surface area contributed by atoms with E-state index in [9.17, 15) is 0 Å². The van der Waals surface area contributed by atoms with Gasteiger partial charge < -0.3 is 19.7 Å². The fourth-order valence-corrected chi connectivity index (χ4v) is 2.27. The molecule has 4 heteroatoms. The van der Waals surface area contributed by atoms with E-state index in [-0.39, 0.29) is 0 Å². The van der Waals surface area contributed by atoms with Gasteiger partial charge in [0.25, 0.3) is 0 Å². The molecule has 0 spiro atoms. The first kappa shape index (κ1) is 11.3. The molecule has 0 aliphatic carbocycles. The van der Waals surface area contributed by atoms with E-state index in [0.29, 0.717) is 18.2 Å². The van der Waals surface area contributed by atoms with Crippen LogP contribution in [0.5, 0.6) is 0 Å². The molecule has 2 fully saturated rings. The molecular weight excluding hydrogens is 192 g/mol. The zero-order valence-electron chi connectivity index (χ0n) is 9.74. The predicted octanol–water partition coefficient (Wildman–Crippen LogP) is 0.0840. The number of hydrogen-bond donors (Lipinski definition) is 1. The summed E-state index contributed by atoms with van der Waals surface area (Å²) in [6.07, 6.45) is 1.83. The van der Waals surface area contributed by atoms with Crippen LogP contribution in [0.25, 0.3) is 0 Å². The highest BCUT2D eigenvalue weighted by Crippen LogP contribution is 2.13. The van der Waals surface area contributed by atoms with E-state index in [2.05, 4.69) is 24.2 Å². The van der Waals surface area contributed by atoms with Crippen LogP contribution in [-0.2, 0) is 9.47 Å². The van der Waals surface area contributed by atoms with Crippen molar-refractivity contribution in [2.45, 2.75) is 31.6 Å². The Bertz CT molecular complexity index is 201. The third kappa shape index (κ3) is 3.14. The van der Waals surface area contributed by atoms with E-state index >= 15 is 0 Å². The molecule has 1 N–H and O–H groups in total. The Morgan fingerprint density at radius 1 is 1.33 bits per heavy atom. The third-order valence-corrected chi connectivity index (χ3v) is 3.33. The lowest BCUT2D eigenvalue weighted by molar-refractivity contribution is -0.0202. The Balaban J connectivity index is 1.68. The topological polar surface area (TPSA) is 33.7 Å². The normalized spacial score (nSPS) is 38.4. The van der Waals surface area contributed by atoms with E-state index in [1.54, 1.807) is 0 Å². The summed E-state index contributed by atoms with van der Waals surface area (Å²) in [6, 6.07) is 0.515. The highest BCUT2D eigenvalue weighted by molar-refractivity contribution is 4.81. The minimum absolute atomic E-state index is 0.344. The average Bonchev–Trinajstić information content (AvgIpc) is 2.61. The summed E-state index contributed by atoms with van der Waals surface area (Å²) in [5.74, 6) is 0. The van der Waals surface area contributed by atoms with Crippen LogP contribution in [0.4, 0.5) is 0 Å². The van der Waals surface area contributed by atoms with Gasteiger partial charge in [-0.1, -0.05) is 0 Å². The summed E-state index contributed by atoms with van der Waals surface area (Å²) < 4.78 is 11.2. The molecule has 2 saturated heterocycles. The first-order valence-corrected chi connectivity index (χ1v) is 5.91. The molecule has 88 valence electrons. The molecule has 2 aliphatic heterocycles. The van der Waals surface area contributed by atoms with Crippen LogP contribution in [0.15, 0.2) is 0 Å². The number of ether oxygens (including phenoxy) is 2. The van der Waals surface area contributed by atoms with Gasteiger partial charge in [-0.3, -0.25) is 0 Å². The summed E-state index contributed by atoms with van der Waals surface area (Å²) in [5, 5.41) is 3.54. The Morgan fingerprint density at radius 2 is 2.20 bits per heavy atom. The van der Waals surface area contributed by atoms with Crippen LogP contribution in [0.1, 0.15) is 13.3 Å². The molecule has 0 saturated carbocycles. The lowest BCUT2D eigenvalue weighted by Gasteiger charge is -2.31. The lowest BCUT2D eigenvalue weighted by atomic mass is 10.1. The van der Waals surface area contributed by atoms with E-state index in [1.165, 1.54) is 0 Å². The highest BCUT2D eigenvalue weighted by Gasteiger charge is 2.25. The summed E-state index contributed by atoms with van der Waals surface area (Å²) in [4.78, 5) is 2.32. The van der Waals surface area contributed by atoms with Crippen LogP contribution in [0.2, 0.25) is 0 Å². The van der Waals surface area contributed by atoms with Gasteiger partial charge >= 0.3 is 0 Å². The monoisotopic (exact) mass is 214 g/mol. The molecular formula is C11H22N2O2. The van der Waals surface area contributed by atoms with Crippen molar-refractivity contribution in [1.29, 1.82) is 0 Å². The van der Waals surface area contributed by atoms with Crippen molar-refractivity contribution in [3.8, 4) is 0 Å². The number of nitrogens with one attached hydrogen (secondary N) is 1.